The molecule has 13 heavy (non-hydrogen) atoms. The Kier molecular flexibility index (Phi) is 5.31. The van der Waals surface area contributed by atoms with Crippen LogP contribution >= 0.6 is 0 Å². The second-order valence-corrected chi connectivity index (χ2v) is 3.51. The third kappa shape index (κ3) is 4.57. The van der Waals surface area contributed by atoms with E-state index in [0.717, 1.165) is 26.2 Å². The van der Waals surface area contributed by atoms with Gasteiger partial charge in [-0.05, 0) is 25.9 Å². The van der Waals surface area contributed by atoms with Crippen molar-refractivity contribution in [2.45, 2.75) is 18.9 Å². The Morgan fingerprint density at radius 1 is 1.46 bits per heavy atom. The molecule has 1 aliphatic heterocycles. The Balaban J connectivity index is 1.98. The first-order valence-electron chi connectivity index (χ1n) is 5.02. The average molecular weight is 187 g/mol. The normalized spacial score (nSPS) is 19.6. The van der Waals surface area contributed by atoms with E-state index in [2.05, 4.69) is 10.6 Å². The van der Waals surface area contributed by atoms with E-state index in [-0.39, 0.29) is 0 Å². The zero-order valence-corrected chi connectivity index (χ0v) is 8.68. The number of nitrogens with zero attached hydrogens (tertiary/aromatic N) is 1. The lowest BCUT2D eigenvalue weighted by atomic mass is 10.1. The summed E-state index contributed by atoms with van der Waals surface area (Å²) in [5, 5.41) is 8.72. The summed E-state index contributed by atoms with van der Waals surface area (Å²) in [6.07, 6.45) is 2.49. The van der Waals surface area contributed by atoms with Crippen molar-refractivity contribution in [3.8, 4) is 0 Å². The Bertz CT molecular complexity index is 126. The van der Waals surface area contributed by atoms with Gasteiger partial charge >= 0.3 is 0 Å². The van der Waals surface area contributed by atoms with Gasteiger partial charge in [-0.3, -0.25) is 0 Å². The van der Waals surface area contributed by atoms with Crippen LogP contribution in [0.15, 0.2) is 0 Å². The summed E-state index contributed by atoms with van der Waals surface area (Å²) in [6, 6.07) is 0.700. The Morgan fingerprint density at radius 3 is 2.77 bits per heavy atom. The highest BCUT2D eigenvalue weighted by atomic mass is 16.7. The quantitative estimate of drug-likeness (QED) is 0.586. The highest BCUT2D eigenvalue weighted by Gasteiger charge is 2.11. The molecule has 0 aliphatic carbocycles. The minimum absolute atomic E-state index is 0.700. The van der Waals surface area contributed by atoms with Crippen molar-refractivity contribution in [2.24, 2.45) is 0 Å². The van der Waals surface area contributed by atoms with Crippen LogP contribution in [0.1, 0.15) is 12.8 Å². The SMILES string of the molecule is CON(C)CCNC1CCNCC1. The predicted molar refractivity (Wildman–Crippen MR) is 53.5 cm³/mol. The Labute approximate surface area is 80.6 Å². The maximum atomic E-state index is 5.02. The summed E-state index contributed by atoms with van der Waals surface area (Å²) >= 11 is 0. The van der Waals surface area contributed by atoms with Crippen LogP contribution in [0.4, 0.5) is 0 Å². The molecular formula is C9H21N3O. The molecule has 0 spiro atoms. The lowest BCUT2D eigenvalue weighted by Gasteiger charge is -2.24. The molecule has 4 nitrogen and oxygen atoms in total. The monoisotopic (exact) mass is 187 g/mol. The fraction of sp³-hybridized carbons (Fsp3) is 1.00. The van der Waals surface area contributed by atoms with Crippen molar-refractivity contribution in [1.29, 1.82) is 0 Å². The first-order valence-corrected chi connectivity index (χ1v) is 5.02. The Hall–Kier alpha value is -0.160. The first-order chi connectivity index (χ1) is 6.33. The number of hydroxylamine groups is 2. The Morgan fingerprint density at radius 2 is 2.15 bits per heavy atom. The van der Waals surface area contributed by atoms with E-state index in [1.807, 2.05) is 12.1 Å². The van der Waals surface area contributed by atoms with Crippen LogP contribution in [0.5, 0.6) is 0 Å². The summed E-state index contributed by atoms with van der Waals surface area (Å²) < 4.78 is 0. The van der Waals surface area contributed by atoms with Crippen LogP contribution in [-0.2, 0) is 4.84 Å². The number of likely N-dealkylation sites (N-methyl/N-ethyl adjacent to an activating group) is 1. The second kappa shape index (κ2) is 6.32. The summed E-state index contributed by atoms with van der Waals surface area (Å²) in [4.78, 5) is 5.02. The van der Waals surface area contributed by atoms with Gasteiger partial charge in [0.05, 0.1) is 7.11 Å². The molecule has 0 atom stereocenters. The molecule has 1 saturated heterocycles. The molecule has 2 N–H and O–H groups in total. The molecule has 4 heteroatoms. The third-order valence-corrected chi connectivity index (χ3v) is 2.51. The van der Waals surface area contributed by atoms with Crippen LogP contribution in [-0.4, -0.2) is 51.4 Å². The van der Waals surface area contributed by atoms with Crippen molar-refractivity contribution < 1.29 is 4.84 Å². The lowest BCUT2D eigenvalue weighted by Crippen LogP contribution is -2.42. The topological polar surface area (TPSA) is 36.5 Å². The molecule has 1 rings (SSSR count). The highest BCUT2D eigenvalue weighted by molar-refractivity contribution is 4.74. The molecule has 0 aromatic rings. The molecule has 78 valence electrons. The van der Waals surface area contributed by atoms with Crippen molar-refractivity contribution >= 4 is 0 Å². The van der Waals surface area contributed by atoms with Crippen LogP contribution in [0.25, 0.3) is 0 Å². The zero-order valence-electron chi connectivity index (χ0n) is 8.68. The van der Waals surface area contributed by atoms with Gasteiger partial charge in [-0.2, -0.15) is 5.06 Å². The van der Waals surface area contributed by atoms with Crippen LogP contribution in [0.2, 0.25) is 0 Å². The van der Waals surface area contributed by atoms with Crippen molar-refractivity contribution in [3.05, 3.63) is 0 Å². The van der Waals surface area contributed by atoms with E-state index in [1.54, 1.807) is 7.11 Å². The third-order valence-electron chi connectivity index (χ3n) is 2.51. The van der Waals surface area contributed by atoms with E-state index in [0.29, 0.717) is 6.04 Å². The predicted octanol–water partition coefficient (Wildman–Crippen LogP) is -0.179. The smallest absolute Gasteiger partial charge is 0.0575 e. The zero-order chi connectivity index (χ0) is 9.52. The molecule has 0 aromatic carbocycles. The molecule has 0 amide bonds. The number of hydrogen-bond donors (Lipinski definition) is 2. The standard InChI is InChI=1S/C9H21N3O/c1-12(13-2)8-7-11-9-3-5-10-6-4-9/h9-11H,3-8H2,1-2H3. The van der Waals surface area contributed by atoms with Gasteiger partial charge in [-0.25, -0.2) is 0 Å². The van der Waals surface area contributed by atoms with E-state index >= 15 is 0 Å². The number of rotatable bonds is 5. The second-order valence-electron chi connectivity index (χ2n) is 3.51. The summed E-state index contributed by atoms with van der Waals surface area (Å²) in [7, 11) is 3.65. The maximum Gasteiger partial charge on any atom is 0.0575 e. The van der Waals surface area contributed by atoms with Crippen molar-refractivity contribution in [1.82, 2.24) is 15.7 Å². The molecule has 0 aromatic heterocycles. The van der Waals surface area contributed by atoms with Gasteiger partial charge in [0.1, 0.15) is 0 Å². The van der Waals surface area contributed by atoms with Gasteiger partial charge < -0.3 is 15.5 Å². The van der Waals surface area contributed by atoms with Crippen molar-refractivity contribution in [3.63, 3.8) is 0 Å². The minimum Gasteiger partial charge on any atom is -0.317 e. The van der Waals surface area contributed by atoms with Gasteiger partial charge in [0, 0.05) is 26.2 Å². The van der Waals surface area contributed by atoms with Crippen LogP contribution < -0.4 is 10.6 Å². The maximum absolute atomic E-state index is 5.02. The minimum atomic E-state index is 0.700. The fourth-order valence-corrected chi connectivity index (χ4v) is 1.54. The fourth-order valence-electron chi connectivity index (χ4n) is 1.54. The molecule has 0 bridgehead atoms. The summed E-state index contributed by atoms with van der Waals surface area (Å²) in [6.45, 7) is 4.25. The molecule has 1 heterocycles. The molecule has 1 aliphatic rings. The van der Waals surface area contributed by atoms with Gasteiger partial charge in [0.2, 0.25) is 0 Å². The molecular weight excluding hydrogens is 166 g/mol. The molecule has 0 saturated carbocycles. The molecule has 1 fully saturated rings. The van der Waals surface area contributed by atoms with Gasteiger partial charge in [0.15, 0.2) is 0 Å². The summed E-state index contributed by atoms with van der Waals surface area (Å²) in [5.74, 6) is 0. The van der Waals surface area contributed by atoms with Gasteiger partial charge in [-0.1, -0.05) is 0 Å². The lowest BCUT2D eigenvalue weighted by molar-refractivity contribution is -0.107. The van der Waals surface area contributed by atoms with Crippen LogP contribution in [0.3, 0.4) is 0 Å². The molecule has 0 unspecified atom stereocenters. The number of hydrogen-bond acceptors (Lipinski definition) is 4. The van der Waals surface area contributed by atoms with E-state index in [9.17, 15) is 0 Å². The van der Waals surface area contributed by atoms with E-state index in [1.165, 1.54) is 12.8 Å². The molecule has 0 radical (unpaired) electrons. The average Bonchev–Trinajstić information content (AvgIpc) is 2.19. The van der Waals surface area contributed by atoms with Gasteiger partial charge in [-0.15, -0.1) is 0 Å². The number of nitrogens with one attached hydrogen (secondary N) is 2. The summed E-state index contributed by atoms with van der Waals surface area (Å²) in [5.41, 5.74) is 0. The van der Waals surface area contributed by atoms with E-state index in [4.69, 9.17) is 4.84 Å². The van der Waals surface area contributed by atoms with Crippen LogP contribution in [0, 0.1) is 0 Å². The number of piperidine rings is 1. The first kappa shape index (κ1) is 10.9. The largest absolute Gasteiger partial charge is 0.317 e. The van der Waals surface area contributed by atoms with Crippen molar-refractivity contribution in [2.75, 3.05) is 40.3 Å². The van der Waals surface area contributed by atoms with Gasteiger partial charge in [0.25, 0.3) is 0 Å². The highest BCUT2D eigenvalue weighted by Crippen LogP contribution is 2.00. The van der Waals surface area contributed by atoms with E-state index < -0.39 is 0 Å².